The van der Waals surface area contributed by atoms with Crippen LogP contribution in [-0.2, 0) is 0 Å². The second-order valence-corrected chi connectivity index (χ2v) is 5.16. The fourth-order valence-electron chi connectivity index (χ4n) is 2.19. The minimum Gasteiger partial charge on any atom is -0.369 e. The van der Waals surface area contributed by atoms with E-state index in [4.69, 9.17) is 0 Å². The van der Waals surface area contributed by atoms with Gasteiger partial charge in [0.1, 0.15) is 5.82 Å². The third-order valence-corrected chi connectivity index (χ3v) is 3.37. The molecular weight excluding hydrogens is 294 g/mol. The summed E-state index contributed by atoms with van der Waals surface area (Å²) in [5.74, 6) is 1.09. The highest BCUT2D eigenvalue weighted by Crippen LogP contribution is 2.26. The summed E-state index contributed by atoms with van der Waals surface area (Å²) in [5.41, 5.74) is 0.694. The third kappa shape index (κ3) is 4.38. The third-order valence-electron chi connectivity index (χ3n) is 3.37. The molecule has 0 aliphatic rings. The molecule has 23 heavy (non-hydrogen) atoms. The van der Waals surface area contributed by atoms with E-state index in [0.29, 0.717) is 29.2 Å². The van der Waals surface area contributed by atoms with Crippen molar-refractivity contribution in [3.63, 3.8) is 0 Å². The van der Waals surface area contributed by atoms with Crippen LogP contribution in [0.1, 0.15) is 26.2 Å². The minimum atomic E-state index is -0.413. The summed E-state index contributed by atoms with van der Waals surface area (Å²) in [5, 5.41) is 18.0. The Morgan fingerprint density at radius 3 is 2.83 bits per heavy atom. The van der Waals surface area contributed by atoms with Crippen LogP contribution in [0, 0.1) is 10.1 Å². The largest absolute Gasteiger partial charge is 0.369 e. The molecule has 2 rings (SSSR count). The van der Waals surface area contributed by atoms with Crippen LogP contribution in [0.4, 0.5) is 17.5 Å². The zero-order valence-electron chi connectivity index (χ0n) is 13.2. The first-order chi connectivity index (χ1) is 11.2. The average molecular weight is 315 g/mol. The van der Waals surface area contributed by atoms with Crippen molar-refractivity contribution in [3.8, 4) is 0 Å². The normalized spacial score (nSPS) is 10.5. The highest BCUT2D eigenvalue weighted by molar-refractivity contribution is 5.91. The number of nitro benzene ring substituents is 1. The number of hydrogen-bond acceptors (Lipinski definition) is 6. The van der Waals surface area contributed by atoms with Crippen LogP contribution >= 0.6 is 0 Å². The van der Waals surface area contributed by atoms with Crippen molar-refractivity contribution in [1.29, 1.82) is 0 Å². The fraction of sp³-hybridized carbons (Fsp3) is 0.375. The molecule has 0 saturated heterocycles. The van der Waals surface area contributed by atoms with E-state index in [1.165, 1.54) is 12.1 Å². The molecule has 0 spiro atoms. The number of nitrogens with zero attached hydrogens (tertiary/aromatic N) is 3. The molecule has 0 unspecified atom stereocenters. The smallest absolute Gasteiger partial charge is 0.270 e. The fourth-order valence-corrected chi connectivity index (χ4v) is 2.19. The Hall–Kier alpha value is -2.70. The number of rotatable bonds is 9. The number of non-ortho nitro benzene ring substituents is 1. The van der Waals surface area contributed by atoms with Crippen LogP contribution in [0.2, 0.25) is 0 Å². The standard InChI is InChI=1S/C16H21N5O2/c1-3-5-6-10-17-15-13-11-12(21(22)23)7-8-14(13)19-16(20-15)18-9-4-2/h4,7-8,11H,2-3,5-6,9-10H2,1H3,(H2,17,18,19,20). The number of benzene rings is 1. The van der Waals surface area contributed by atoms with Crippen LogP contribution in [0.3, 0.4) is 0 Å². The lowest BCUT2D eigenvalue weighted by molar-refractivity contribution is -0.384. The quantitative estimate of drug-likeness (QED) is 0.317. The number of aromatic nitrogens is 2. The van der Waals surface area contributed by atoms with Gasteiger partial charge in [-0.3, -0.25) is 10.1 Å². The Labute approximate surface area is 135 Å². The van der Waals surface area contributed by atoms with E-state index >= 15 is 0 Å². The first-order valence-electron chi connectivity index (χ1n) is 7.70. The lowest BCUT2D eigenvalue weighted by Gasteiger charge is -2.11. The predicted octanol–water partition coefficient (Wildman–Crippen LogP) is 3.74. The maximum absolute atomic E-state index is 11.0. The molecule has 0 aliphatic heterocycles. The Balaban J connectivity index is 2.37. The van der Waals surface area contributed by atoms with Gasteiger partial charge in [0, 0.05) is 30.6 Å². The molecule has 0 radical (unpaired) electrons. The van der Waals surface area contributed by atoms with Gasteiger partial charge in [-0.2, -0.15) is 4.98 Å². The lowest BCUT2D eigenvalue weighted by atomic mass is 10.2. The Bertz CT molecular complexity index is 702. The van der Waals surface area contributed by atoms with Gasteiger partial charge < -0.3 is 10.6 Å². The topological polar surface area (TPSA) is 93.0 Å². The number of fused-ring (bicyclic) bond motifs is 1. The summed E-state index contributed by atoms with van der Waals surface area (Å²) in [7, 11) is 0. The van der Waals surface area contributed by atoms with E-state index in [0.717, 1.165) is 25.8 Å². The second-order valence-electron chi connectivity index (χ2n) is 5.16. The van der Waals surface area contributed by atoms with Crippen LogP contribution in [0.15, 0.2) is 30.9 Å². The number of hydrogen-bond donors (Lipinski definition) is 2. The molecule has 0 bridgehead atoms. The van der Waals surface area contributed by atoms with Crippen molar-refractivity contribution >= 4 is 28.4 Å². The highest BCUT2D eigenvalue weighted by Gasteiger charge is 2.12. The van der Waals surface area contributed by atoms with Crippen molar-refractivity contribution in [2.75, 3.05) is 23.7 Å². The Kier molecular flexibility index (Phi) is 5.85. The van der Waals surface area contributed by atoms with Crippen molar-refractivity contribution in [2.24, 2.45) is 0 Å². The van der Waals surface area contributed by atoms with Gasteiger partial charge in [-0.15, -0.1) is 6.58 Å². The summed E-state index contributed by atoms with van der Waals surface area (Å²) in [6.45, 7) is 7.11. The molecule has 1 aromatic heterocycles. The van der Waals surface area contributed by atoms with Crippen molar-refractivity contribution < 1.29 is 4.92 Å². The lowest BCUT2D eigenvalue weighted by Crippen LogP contribution is -2.09. The molecule has 7 heteroatoms. The van der Waals surface area contributed by atoms with Gasteiger partial charge >= 0.3 is 0 Å². The van der Waals surface area contributed by atoms with E-state index in [1.807, 2.05) is 0 Å². The van der Waals surface area contributed by atoms with Gasteiger partial charge in [0.05, 0.1) is 10.4 Å². The summed E-state index contributed by atoms with van der Waals surface area (Å²) in [4.78, 5) is 19.4. The van der Waals surface area contributed by atoms with Crippen molar-refractivity contribution in [3.05, 3.63) is 41.0 Å². The minimum absolute atomic E-state index is 0.0320. The monoisotopic (exact) mass is 315 g/mol. The SMILES string of the molecule is C=CCNc1nc(NCCCCC)c2cc([N+](=O)[O-])ccc2n1. The van der Waals surface area contributed by atoms with Gasteiger partial charge in [0.25, 0.3) is 5.69 Å². The molecule has 0 amide bonds. The zero-order valence-corrected chi connectivity index (χ0v) is 13.2. The number of nitrogens with one attached hydrogen (secondary N) is 2. The maximum atomic E-state index is 11.0. The van der Waals surface area contributed by atoms with E-state index in [2.05, 4.69) is 34.1 Å². The summed E-state index contributed by atoms with van der Waals surface area (Å²) >= 11 is 0. The molecule has 122 valence electrons. The number of anilines is 2. The van der Waals surface area contributed by atoms with Gasteiger partial charge in [0.15, 0.2) is 0 Å². The first-order valence-corrected chi connectivity index (χ1v) is 7.70. The Morgan fingerprint density at radius 1 is 1.30 bits per heavy atom. The molecule has 1 aromatic carbocycles. The van der Waals surface area contributed by atoms with E-state index < -0.39 is 4.92 Å². The average Bonchev–Trinajstić information content (AvgIpc) is 2.56. The molecule has 7 nitrogen and oxygen atoms in total. The van der Waals surface area contributed by atoms with Gasteiger partial charge in [-0.1, -0.05) is 25.8 Å². The van der Waals surface area contributed by atoms with Crippen LogP contribution < -0.4 is 10.6 Å². The first kappa shape index (κ1) is 16.7. The van der Waals surface area contributed by atoms with Crippen LogP contribution in [0.25, 0.3) is 10.9 Å². The molecular formula is C16H21N5O2. The Morgan fingerprint density at radius 2 is 2.13 bits per heavy atom. The van der Waals surface area contributed by atoms with Crippen LogP contribution in [-0.4, -0.2) is 28.0 Å². The van der Waals surface area contributed by atoms with E-state index in [-0.39, 0.29) is 5.69 Å². The summed E-state index contributed by atoms with van der Waals surface area (Å²) in [6.07, 6.45) is 4.99. The molecule has 0 saturated carbocycles. The highest BCUT2D eigenvalue weighted by atomic mass is 16.6. The molecule has 2 N–H and O–H groups in total. The van der Waals surface area contributed by atoms with E-state index in [9.17, 15) is 10.1 Å². The molecule has 1 heterocycles. The zero-order chi connectivity index (χ0) is 16.7. The van der Waals surface area contributed by atoms with Crippen LogP contribution in [0.5, 0.6) is 0 Å². The molecule has 0 fully saturated rings. The van der Waals surface area contributed by atoms with E-state index in [1.54, 1.807) is 12.1 Å². The summed E-state index contributed by atoms with van der Waals surface area (Å²) < 4.78 is 0. The van der Waals surface area contributed by atoms with Gasteiger partial charge in [-0.25, -0.2) is 4.98 Å². The summed E-state index contributed by atoms with van der Waals surface area (Å²) in [6, 6.07) is 4.60. The maximum Gasteiger partial charge on any atom is 0.270 e. The molecule has 2 aromatic rings. The predicted molar refractivity (Wildman–Crippen MR) is 92.9 cm³/mol. The van der Waals surface area contributed by atoms with Crippen molar-refractivity contribution in [1.82, 2.24) is 9.97 Å². The van der Waals surface area contributed by atoms with Gasteiger partial charge in [-0.05, 0) is 12.5 Å². The van der Waals surface area contributed by atoms with Crippen molar-refractivity contribution in [2.45, 2.75) is 26.2 Å². The number of unbranched alkanes of at least 4 members (excludes halogenated alkanes) is 2. The number of nitro groups is 1. The second kappa shape index (κ2) is 8.07. The molecule has 0 aliphatic carbocycles. The molecule has 0 atom stereocenters. The van der Waals surface area contributed by atoms with Gasteiger partial charge in [0.2, 0.25) is 5.95 Å².